The van der Waals surface area contributed by atoms with Crippen molar-refractivity contribution in [1.82, 2.24) is 19.8 Å². The van der Waals surface area contributed by atoms with Crippen LogP contribution in [0.25, 0.3) is 32.1 Å². The van der Waals surface area contributed by atoms with E-state index in [2.05, 4.69) is 34.6 Å². The van der Waals surface area contributed by atoms with Gasteiger partial charge in [0, 0.05) is 60.3 Å². The lowest BCUT2D eigenvalue weighted by molar-refractivity contribution is 0.107. The average Bonchev–Trinajstić information content (AvgIpc) is 3.87. The minimum absolute atomic E-state index is 0.120. The number of hydrogen-bond donors (Lipinski definition) is 1. The number of fused-ring (bicyclic) bond motifs is 7. The molecular weight excluding hydrogens is 645 g/mol. The number of thiophene rings is 1. The zero-order chi connectivity index (χ0) is 33.6. The van der Waals surface area contributed by atoms with Crippen LogP contribution < -0.4 is 15.4 Å². The Bertz CT molecular complexity index is 2020. The molecule has 49 heavy (non-hydrogen) atoms. The molecule has 2 aromatic heterocycles. The standard InChI is InChI=1S/C37H41F2N7O2S/c1-20(2)13-44-15-22-7-8-23(16-44)46(22)35-31-27-18-47-17-26(27)30(24-5-3-6-28-29(24)25(12-40)34(41)49-28)32(39)33(31)42-36(43-35)48-19-37-9-4-10-45(37)14-21(38)11-37/h3,5-6,20-23H,4,7-11,13-19,41H2,1-2H3/t21-,22?,23?,37+/m1/s1. The second-order valence-corrected chi connectivity index (χ2v) is 16.2. The highest BCUT2D eigenvalue weighted by Crippen LogP contribution is 2.49. The summed E-state index contributed by atoms with van der Waals surface area (Å²) in [5, 5.41) is 11.8. The predicted molar refractivity (Wildman–Crippen MR) is 187 cm³/mol. The van der Waals surface area contributed by atoms with Crippen LogP contribution in [0.4, 0.5) is 19.6 Å². The Morgan fingerprint density at radius 3 is 2.71 bits per heavy atom. The maximum Gasteiger partial charge on any atom is 0.319 e. The van der Waals surface area contributed by atoms with Crippen LogP contribution in [-0.2, 0) is 18.0 Å². The first-order chi connectivity index (χ1) is 23.7. The number of hydrogen-bond acceptors (Lipinski definition) is 10. The summed E-state index contributed by atoms with van der Waals surface area (Å²) in [6, 6.07) is 8.48. The van der Waals surface area contributed by atoms with Crippen LogP contribution in [-0.4, -0.2) is 82.9 Å². The number of ether oxygens (including phenoxy) is 2. The summed E-state index contributed by atoms with van der Waals surface area (Å²) < 4.78 is 45.5. The van der Waals surface area contributed by atoms with E-state index in [0.717, 1.165) is 67.7 Å². The number of rotatable bonds is 7. The summed E-state index contributed by atoms with van der Waals surface area (Å²) in [7, 11) is 0. The molecular formula is C37H41F2N7O2S. The number of nitrogen functional groups attached to an aromatic ring is 1. The zero-order valence-corrected chi connectivity index (χ0v) is 28.8. The van der Waals surface area contributed by atoms with Gasteiger partial charge in [0.25, 0.3) is 0 Å². The van der Waals surface area contributed by atoms with Crippen molar-refractivity contribution in [3.63, 3.8) is 0 Å². The van der Waals surface area contributed by atoms with Gasteiger partial charge in [-0.15, -0.1) is 11.3 Å². The average molecular weight is 686 g/mol. The first-order valence-electron chi connectivity index (χ1n) is 17.6. The van der Waals surface area contributed by atoms with E-state index in [4.69, 9.17) is 25.2 Å². The number of nitrogens with two attached hydrogens (primary N) is 1. The minimum Gasteiger partial charge on any atom is -0.461 e. The topological polar surface area (TPSA) is 104 Å². The molecule has 2 N–H and O–H groups in total. The van der Waals surface area contributed by atoms with Gasteiger partial charge in [-0.3, -0.25) is 9.80 Å². The van der Waals surface area contributed by atoms with E-state index in [0.29, 0.717) is 63.8 Å². The van der Waals surface area contributed by atoms with E-state index >= 15 is 4.39 Å². The number of alkyl halides is 1. The number of halogens is 2. The van der Waals surface area contributed by atoms with Gasteiger partial charge >= 0.3 is 6.01 Å². The monoisotopic (exact) mass is 685 g/mol. The smallest absolute Gasteiger partial charge is 0.319 e. The highest BCUT2D eigenvalue weighted by molar-refractivity contribution is 7.23. The van der Waals surface area contributed by atoms with Gasteiger partial charge in [0.15, 0.2) is 5.82 Å². The lowest BCUT2D eigenvalue weighted by atomic mass is 9.90. The van der Waals surface area contributed by atoms with Gasteiger partial charge in [0.1, 0.15) is 35.2 Å². The van der Waals surface area contributed by atoms with Gasteiger partial charge in [-0.2, -0.15) is 15.2 Å². The van der Waals surface area contributed by atoms with Gasteiger partial charge in [0.2, 0.25) is 0 Å². The zero-order valence-electron chi connectivity index (χ0n) is 28.0. The fraction of sp³-hybridized carbons (Fsp3) is 0.541. The lowest BCUT2D eigenvalue weighted by Gasteiger charge is -2.43. The molecule has 4 atom stereocenters. The summed E-state index contributed by atoms with van der Waals surface area (Å²) in [6.45, 7) is 9.47. The van der Waals surface area contributed by atoms with Crippen molar-refractivity contribution < 1.29 is 18.3 Å². The first kappa shape index (κ1) is 31.4. The number of nitriles is 1. The summed E-state index contributed by atoms with van der Waals surface area (Å²) in [6.07, 6.45) is 3.47. The molecule has 0 radical (unpaired) electrons. The maximum absolute atomic E-state index is 17.5. The van der Waals surface area contributed by atoms with E-state index in [1.54, 1.807) is 0 Å². The number of nitrogens with zero attached hydrogens (tertiary/aromatic N) is 6. The van der Waals surface area contributed by atoms with Crippen LogP contribution in [0.15, 0.2) is 18.2 Å². The van der Waals surface area contributed by atoms with Crippen LogP contribution in [0.3, 0.4) is 0 Å². The van der Waals surface area contributed by atoms with Gasteiger partial charge < -0.3 is 20.1 Å². The fourth-order valence-electron chi connectivity index (χ4n) is 9.66. The SMILES string of the molecule is CC(C)CN1CC2CCC(C1)N2c1nc(OC[C@@]23CCCN2C[C@H](F)C3)nc2c(F)c(-c3cccc4sc(N)c(C#N)c34)c3c(c12)COC3. The van der Waals surface area contributed by atoms with Crippen LogP contribution in [0, 0.1) is 23.1 Å². The molecule has 2 bridgehead atoms. The summed E-state index contributed by atoms with van der Waals surface area (Å²) in [5.74, 6) is 0.789. The summed E-state index contributed by atoms with van der Waals surface area (Å²) >= 11 is 1.33. The summed E-state index contributed by atoms with van der Waals surface area (Å²) in [5.41, 5.74) is 9.07. The van der Waals surface area contributed by atoms with Crippen LogP contribution in [0.1, 0.15) is 62.6 Å². The third-order valence-corrected chi connectivity index (χ3v) is 12.5. The van der Waals surface area contributed by atoms with Gasteiger partial charge in [-0.25, -0.2) is 8.78 Å². The molecule has 4 aromatic rings. The third kappa shape index (κ3) is 4.91. The quantitative estimate of drug-likeness (QED) is 0.237. The number of anilines is 2. The van der Waals surface area contributed by atoms with Crippen molar-refractivity contribution >= 4 is 43.1 Å². The number of benzene rings is 2. The Morgan fingerprint density at radius 2 is 1.94 bits per heavy atom. The van der Waals surface area contributed by atoms with Gasteiger partial charge in [-0.05, 0) is 60.9 Å². The molecule has 5 aliphatic heterocycles. The molecule has 0 spiro atoms. The molecule has 9 nitrogen and oxygen atoms in total. The first-order valence-corrected chi connectivity index (χ1v) is 18.4. The lowest BCUT2D eigenvalue weighted by Crippen LogP contribution is -2.55. The molecule has 0 amide bonds. The van der Waals surface area contributed by atoms with Crippen LogP contribution in [0.5, 0.6) is 6.01 Å². The minimum atomic E-state index is -0.885. The van der Waals surface area contributed by atoms with E-state index in [1.165, 1.54) is 11.3 Å². The molecule has 4 saturated heterocycles. The third-order valence-electron chi connectivity index (χ3n) is 11.5. The molecule has 2 unspecified atom stereocenters. The second-order valence-electron chi connectivity index (χ2n) is 15.1. The van der Waals surface area contributed by atoms with E-state index in [-0.39, 0.29) is 36.8 Å². The molecule has 0 saturated carbocycles. The number of piperazine rings is 1. The Labute approximate surface area is 288 Å². The van der Waals surface area contributed by atoms with Crippen molar-refractivity contribution in [3.05, 3.63) is 40.7 Å². The predicted octanol–water partition coefficient (Wildman–Crippen LogP) is 6.40. The maximum atomic E-state index is 17.5. The molecule has 9 rings (SSSR count). The van der Waals surface area contributed by atoms with E-state index in [1.807, 2.05) is 18.2 Å². The number of likely N-dealkylation sites (tertiary alicyclic amines) is 1. The van der Waals surface area contributed by atoms with Crippen molar-refractivity contribution in [1.29, 1.82) is 5.26 Å². The van der Waals surface area contributed by atoms with Gasteiger partial charge in [-0.1, -0.05) is 26.0 Å². The van der Waals surface area contributed by atoms with Crippen molar-refractivity contribution in [2.24, 2.45) is 5.92 Å². The molecule has 7 heterocycles. The Morgan fingerprint density at radius 1 is 1.14 bits per heavy atom. The van der Waals surface area contributed by atoms with E-state index in [9.17, 15) is 9.65 Å². The second kappa shape index (κ2) is 11.7. The molecule has 5 aliphatic rings. The van der Waals surface area contributed by atoms with Gasteiger partial charge in [0.05, 0.1) is 29.7 Å². The highest BCUT2D eigenvalue weighted by Gasteiger charge is 2.50. The molecule has 0 aliphatic carbocycles. The molecule has 4 fully saturated rings. The molecule has 256 valence electrons. The number of aromatic nitrogens is 2. The van der Waals surface area contributed by atoms with Crippen molar-refractivity contribution in [3.8, 4) is 23.2 Å². The molecule has 2 aromatic carbocycles. The molecule has 12 heteroatoms. The van der Waals surface area contributed by atoms with E-state index < -0.39 is 17.5 Å². The Hall–Kier alpha value is -3.63. The normalized spacial score (nSPS) is 26.7. The van der Waals surface area contributed by atoms with Crippen LogP contribution >= 0.6 is 11.3 Å². The summed E-state index contributed by atoms with van der Waals surface area (Å²) in [4.78, 5) is 17.1. The Balaban J connectivity index is 1.23. The highest BCUT2D eigenvalue weighted by atomic mass is 32.1. The van der Waals surface area contributed by atoms with Crippen molar-refractivity contribution in [2.45, 2.75) is 83.0 Å². The van der Waals surface area contributed by atoms with Crippen LogP contribution in [0.2, 0.25) is 0 Å². The fourth-order valence-corrected chi connectivity index (χ4v) is 10.6. The van der Waals surface area contributed by atoms with Crippen molar-refractivity contribution in [2.75, 3.05) is 50.0 Å². The largest absolute Gasteiger partial charge is 0.461 e. The Kier molecular flexibility index (Phi) is 7.50.